The Balaban J connectivity index is 1.87. The molecular formula is C19H25N3O3. The van der Waals surface area contributed by atoms with E-state index in [0.717, 1.165) is 29.1 Å². The summed E-state index contributed by atoms with van der Waals surface area (Å²) in [5.74, 6) is 0.643. The number of rotatable bonds is 5. The molecule has 0 radical (unpaired) electrons. The van der Waals surface area contributed by atoms with Crippen LogP contribution in [-0.4, -0.2) is 60.3 Å². The molecule has 1 aromatic heterocycles. The number of nitrogens with one attached hydrogen (secondary N) is 1. The van der Waals surface area contributed by atoms with E-state index < -0.39 is 0 Å². The highest BCUT2D eigenvalue weighted by molar-refractivity contribution is 5.94. The van der Waals surface area contributed by atoms with E-state index in [1.807, 2.05) is 36.9 Å². The molecule has 0 aliphatic carbocycles. The number of aromatic nitrogens is 2. The Bertz CT molecular complexity index is 756. The lowest BCUT2D eigenvalue weighted by molar-refractivity contribution is 0.0606. The molecule has 1 amide bonds. The number of methoxy groups -OCH3 is 2. The second-order valence-electron chi connectivity index (χ2n) is 6.59. The first-order valence-corrected chi connectivity index (χ1v) is 8.49. The van der Waals surface area contributed by atoms with E-state index in [2.05, 4.69) is 16.0 Å². The standard InChI is InChI=1S/C19H25N3O3/c1-12-6-5-7-14(8-12)18-20-13(2)17(21-18)19(23)22-10-16(25-4)9-15(22)11-24-3/h5-8,15-16H,9-11H2,1-4H3,(H,20,21)/t15-,16+/m0/s1. The average molecular weight is 343 g/mol. The third-order valence-corrected chi connectivity index (χ3v) is 4.71. The zero-order chi connectivity index (χ0) is 18.0. The molecule has 1 aliphatic heterocycles. The molecule has 0 bridgehead atoms. The number of likely N-dealkylation sites (tertiary alicyclic amines) is 1. The predicted molar refractivity (Wildman–Crippen MR) is 95.6 cm³/mol. The highest BCUT2D eigenvalue weighted by Crippen LogP contribution is 2.25. The molecular weight excluding hydrogens is 318 g/mol. The zero-order valence-corrected chi connectivity index (χ0v) is 15.2. The summed E-state index contributed by atoms with van der Waals surface area (Å²) in [4.78, 5) is 22.7. The van der Waals surface area contributed by atoms with Crippen LogP contribution >= 0.6 is 0 Å². The van der Waals surface area contributed by atoms with Crippen molar-refractivity contribution in [3.63, 3.8) is 0 Å². The summed E-state index contributed by atoms with van der Waals surface area (Å²) < 4.78 is 10.7. The van der Waals surface area contributed by atoms with E-state index >= 15 is 0 Å². The fraction of sp³-hybridized carbons (Fsp3) is 0.474. The van der Waals surface area contributed by atoms with Crippen molar-refractivity contribution in [2.75, 3.05) is 27.4 Å². The molecule has 0 saturated carbocycles. The van der Waals surface area contributed by atoms with E-state index in [-0.39, 0.29) is 18.1 Å². The molecule has 1 aliphatic rings. The van der Waals surface area contributed by atoms with E-state index in [1.165, 1.54) is 0 Å². The Labute approximate surface area is 148 Å². The molecule has 6 heteroatoms. The molecule has 0 spiro atoms. The van der Waals surface area contributed by atoms with Gasteiger partial charge in [0.2, 0.25) is 0 Å². The van der Waals surface area contributed by atoms with Crippen LogP contribution in [0.25, 0.3) is 11.4 Å². The lowest BCUT2D eigenvalue weighted by Gasteiger charge is -2.23. The molecule has 1 fully saturated rings. The molecule has 1 saturated heterocycles. The van der Waals surface area contributed by atoms with Gasteiger partial charge in [-0.05, 0) is 26.3 Å². The van der Waals surface area contributed by atoms with Gasteiger partial charge in [0.15, 0.2) is 0 Å². The maximum atomic E-state index is 13.1. The summed E-state index contributed by atoms with van der Waals surface area (Å²) in [5, 5.41) is 0. The Morgan fingerprint density at radius 3 is 2.84 bits per heavy atom. The number of carbonyl (C=O) groups excluding carboxylic acids is 1. The fourth-order valence-electron chi connectivity index (χ4n) is 3.38. The van der Waals surface area contributed by atoms with Crippen LogP contribution < -0.4 is 0 Å². The zero-order valence-electron chi connectivity index (χ0n) is 15.2. The Kier molecular flexibility index (Phi) is 5.20. The molecule has 0 unspecified atom stereocenters. The quantitative estimate of drug-likeness (QED) is 0.906. The van der Waals surface area contributed by atoms with Gasteiger partial charge in [-0.25, -0.2) is 4.98 Å². The first-order valence-electron chi connectivity index (χ1n) is 8.49. The second-order valence-corrected chi connectivity index (χ2v) is 6.59. The topological polar surface area (TPSA) is 67.5 Å². The summed E-state index contributed by atoms with van der Waals surface area (Å²) >= 11 is 0. The minimum atomic E-state index is -0.0748. The van der Waals surface area contributed by atoms with E-state index in [9.17, 15) is 4.79 Å². The number of carbonyl (C=O) groups is 1. The molecule has 1 N–H and O–H groups in total. The number of hydrogen-bond donors (Lipinski definition) is 1. The number of imidazole rings is 1. The van der Waals surface area contributed by atoms with Gasteiger partial charge in [0.1, 0.15) is 11.5 Å². The fourth-order valence-corrected chi connectivity index (χ4v) is 3.38. The molecule has 6 nitrogen and oxygen atoms in total. The Morgan fingerprint density at radius 2 is 2.16 bits per heavy atom. The van der Waals surface area contributed by atoms with Crippen LogP contribution in [0.4, 0.5) is 0 Å². The van der Waals surface area contributed by atoms with Crippen LogP contribution in [-0.2, 0) is 9.47 Å². The van der Waals surface area contributed by atoms with Crippen molar-refractivity contribution >= 4 is 5.91 Å². The number of ether oxygens (including phenoxy) is 2. The van der Waals surface area contributed by atoms with Crippen LogP contribution in [0.15, 0.2) is 24.3 Å². The first-order chi connectivity index (χ1) is 12.0. The van der Waals surface area contributed by atoms with Crippen molar-refractivity contribution in [2.45, 2.75) is 32.4 Å². The lowest BCUT2D eigenvalue weighted by Crippen LogP contribution is -2.39. The summed E-state index contributed by atoms with van der Waals surface area (Å²) in [6.45, 7) is 4.99. The van der Waals surface area contributed by atoms with Crippen LogP contribution in [0, 0.1) is 13.8 Å². The number of H-pyrrole nitrogens is 1. The van der Waals surface area contributed by atoms with E-state index in [4.69, 9.17) is 9.47 Å². The minimum Gasteiger partial charge on any atom is -0.383 e. The molecule has 2 atom stereocenters. The van der Waals surface area contributed by atoms with Gasteiger partial charge in [-0.3, -0.25) is 4.79 Å². The molecule has 2 aromatic rings. The highest BCUT2D eigenvalue weighted by Gasteiger charge is 2.37. The van der Waals surface area contributed by atoms with Crippen LogP contribution in [0.2, 0.25) is 0 Å². The van der Waals surface area contributed by atoms with Gasteiger partial charge in [-0.15, -0.1) is 0 Å². The van der Waals surface area contributed by atoms with Gasteiger partial charge in [0, 0.05) is 32.0 Å². The first kappa shape index (κ1) is 17.6. The number of benzene rings is 1. The number of aromatic amines is 1. The molecule has 3 rings (SSSR count). The van der Waals surface area contributed by atoms with Crippen molar-refractivity contribution in [3.05, 3.63) is 41.2 Å². The summed E-state index contributed by atoms with van der Waals surface area (Å²) in [6, 6.07) is 8.08. The van der Waals surface area contributed by atoms with Gasteiger partial charge in [-0.1, -0.05) is 23.8 Å². The largest absolute Gasteiger partial charge is 0.383 e. The third kappa shape index (κ3) is 3.60. The van der Waals surface area contributed by atoms with Gasteiger partial charge in [0.05, 0.1) is 18.8 Å². The predicted octanol–water partition coefficient (Wildman–Crippen LogP) is 2.57. The maximum Gasteiger partial charge on any atom is 0.274 e. The Morgan fingerprint density at radius 1 is 1.36 bits per heavy atom. The van der Waals surface area contributed by atoms with Crippen LogP contribution in [0.1, 0.15) is 28.2 Å². The number of nitrogens with zero attached hydrogens (tertiary/aromatic N) is 2. The third-order valence-electron chi connectivity index (χ3n) is 4.71. The average Bonchev–Trinajstić information content (AvgIpc) is 3.18. The molecule has 2 heterocycles. The second kappa shape index (κ2) is 7.37. The summed E-state index contributed by atoms with van der Waals surface area (Å²) in [5.41, 5.74) is 3.38. The smallest absolute Gasteiger partial charge is 0.274 e. The highest BCUT2D eigenvalue weighted by atomic mass is 16.5. The van der Waals surface area contributed by atoms with Crippen LogP contribution in [0.3, 0.4) is 0 Å². The monoisotopic (exact) mass is 343 g/mol. The SMILES string of the molecule is COC[C@@H]1C[C@@H](OC)CN1C(=O)c1nc(-c2cccc(C)c2)[nH]c1C. The Hall–Kier alpha value is -2.18. The number of amides is 1. The van der Waals surface area contributed by atoms with Crippen LogP contribution in [0.5, 0.6) is 0 Å². The van der Waals surface area contributed by atoms with Gasteiger partial charge in [0.25, 0.3) is 5.91 Å². The maximum absolute atomic E-state index is 13.1. The summed E-state index contributed by atoms with van der Waals surface area (Å²) in [7, 11) is 3.33. The van der Waals surface area contributed by atoms with E-state index in [1.54, 1.807) is 14.2 Å². The molecule has 25 heavy (non-hydrogen) atoms. The molecule has 1 aromatic carbocycles. The van der Waals surface area contributed by atoms with Gasteiger partial charge < -0.3 is 19.4 Å². The van der Waals surface area contributed by atoms with Crippen molar-refractivity contribution in [1.82, 2.24) is 14.9 Å². The van der Waals surface area contributed by atoms with E-state index in [0.29, 0.717) is 18.8 Å². The molecule has 134 valence electrons. The van der Waals surface area contributed by atoms with Gasteiger partial charge in [-0.2, -0.15) is 0 Å². The van der Waals surface area contributed by atoms with Crippen molar-refractivity contribution < 1.29 is 14.3 Å². The van der Waals surface area contributed by atoms with Crippen molar-refractivity contribution in [1.29, 1.82) is 0 Å². The number of aryl methyl sites for hydroxylation is 2. The summed E-state index contributed by atoms with van der Waals surface area (Å²) in [6.07, 6.45) is 0.823. The van der Waals surface area contributed by atoms with Gasteiger partial charge >= 0.3 is 0 Å². The van der Waals surface area contributed by atoms with Crippen molar-refractivity contribution in [3.8, 4) is 11.4 Å². The number of hydrogen-bond acceptors (Lipinski definition) is 4. The van der Waals surface area contributed by atoms with Crippen molar-refractivity contribution in [2.24, 2.45) is 0 Å². The normalized spacial score (nSPS) is 20.2. The minimum absolute atomic E-state index is 0.0148. The lowest BCUT2D eigenvalue weighted by atomic mass is 10.1.